The molecule has 2 rings (SSSR count). The van der Waals surface area contributed by atoms with Gasteiger partial charge in [-0.15, -0.1) is 0 Å². The van der Waals surface area contributed by atoms with E-state index in [4.69, 9.17) is 0 Å². The zero-order chi connectivity index (χ0) is 18.4. The van der Waals surface area contributed by atoms with E-state index in [1.165, 1.54) is 18.4 Å². The number of nitrogens with zero attached hydrogens (tertiary/aromatic N) is 1. The van der Waals surface area contributed by atoms with E-state index in [1.54, 1.807) is 0 Å². The lowest BCUT2D eigenvalue weighted by Gasteiger charge is -2.15. The molecule has 0 unspecified atom stereocenters. The zero-order valence-corrected chi connectivity index (χ0v) is 15.2. The molecule has 4 amide bonds. The van der Waals surface area contributed by atoms with Crippen LogP contribution < -0.4 is 10.6 Å². The standard InChI is InChI=1S/C16H25N3O5S/c1-25(23,24)10-8-13-15(21)19(16(22)18-13)11-14(20)17-9-7-12-5-3-2-4-6-12/h5,13H,2-4,6-11H2,1H3,(H,17,20)(H,18,22)/t13-/m1/s1. The summed E-state index contributed by atoms with van der Waals surface area (Å²) < 4.78 is 22.4. The molecular formula is C16H25N3O5S. The van der Waals surface area contributed by atoms with E-state index in [9.17, 15) is 22.8 Å². The van der Waals surface area contributed by atoms with Crippen LogP contribution in [0.1, 0.15) is 38.5 Å². The van der Waals surface area contributed by atoms with Crippen LogP contribution in [0.2, 0.25) is 0 Å². The minimum atomic E-state index is -3.22. The molecule has 1 fully saturated rings. The number of carbonyl (C=O) groups excluding carboxylic acids is 3. The summed E-state index contributed by atoms with van der Waals surface area (Å²) in [5.41, 5.74) is 1.34. The van der Waals surface area contributed by atoms with Crippen molar-refractivity contribution in [3.05, 3.63) is 11.6 Å². The van der Waals surface area contributed by atoms with Gasteiger partial charge in [0, 0.05) is 12.8 Å². The number of hydrogen-bond acceptors (Lipinski definition) is 5. The lowest BCUT2D eigenvalue weighted by atomic mass is 9.97. The minimum absolute atomic E-state index is 0.00960. The number of rotatable bonds is 8. The fourth-order valence-corrected chi connectivity index (χ4v) is 3.61. The molecule has 9 heteroatoms. The smallest absolute Gasteiger partial charge is 0.325 e. The maximum atomic E-state index is 12.1. The predicted molar refractivity (Wildman–Crippen MR) is 92.5 cm³/mol. The highest BCUT2D eigenvalue weighted by atomic mass is 32.2. The van der Waals surface area contributed by atoms with Gasteiger partial charge in [-0.05, 0) is 38.5 Å². The van der Waals surface area contributed by atoms with Crippen LogP contribution in [0.4, 0.5) is 4.79 Å². The maximum Gasteiger partial charge on any atom is 0.325 e. The van der Waals surface area contributed by atoms with Gasteiger partial charge in [0.15, 0.2) is 0 Å². The Morgan fingerprint density at radius 1 is 1.36 bits per heavy atom. The van der Waals surface area contributed by atoms with Gasteiger partial charge >= 0.3 is 6.03 Å². The van der Waals surface area contributed by atoms with Crippen LogP contribution in [0.3, 0.4) is 0 Å². The van der Waals surface area contributed by atoms with Gasteiger partial charge in [-0.25, -0.2) is 13.2 Å². The second-order valence-corrected chi connectivity index (χ2v) is 8.81. The Hall–Kier alpha value is -1.90. The molecule has 0 radical (unpaired) electrons. The number of urea groups is 1. The van der Waals surface area contributed by atoms with Gasteiger partial charge in [0.2, 0.25) is 5.91 Å². The molecule has 0 aromatic heterocycles. The molecule has 1 atom stereocenters. The van der Waals surface area contributed by atoms with Gasteiger partial charge in [-0.3, -0.25) is 14.5 Å². The molecule has 1 heterocycles. The number of imide groups is 1. The molecule has 140 valence electrons. The third-order valence-corrected chi connectivity index (χ3v) is 5.32. The number of carbonyl (C=O) groups is 3. The van der Waals surface area contributed by atoms with E-state index < -0.39 is 33.7 Å². The van der Waals surface area contributed by atoms with E-state index in [-0.39, 0.29) is 18.7 Å². The maximum absolute atomic E-state index is 12.1. The highest BCUT2D eigenvalue weighted by Crippen LogP contribution is 2.19. The molecule has 2 aliphatic rings. The highest BCUT2D eigenvalue weighted by molar-refractivity contribution is 7.90. The molecule has 25 heavy (non-hydrogen) atoms. The average molecular weight is 371 g/mol. The van der Waals surface area contributed by atoms with Crippen LogP contribution in [0, 0.1) is 0 Å². The molecule has 0 bridgehead atoms. The fraction of sp³-hybridized carbons (Fsp3) is 0.688. The summed E-state index contributed by atoms with van der Waals surface area (Å²) in [5.74, 6) is -1.15. The molecule has 1 aliphatic heterocycles. The normalized spacial score (nSPS) is 21.1. The summed E-state index contributed by atoms with van der Waals surface area (Å²) in [4.78, 5) is 36.8. The largest absolute Gasteiger partial charge is 0.354 e. The molecule has 8 nitrogen and oxygen atoms in total. The van der Waals surface area contributed by atoms with Crippen molar-refractivity contribution in [1.82, 2.24) is 15.5 Å². The van der Waals surface area contributed by atoms with Crippen LogP contribution in [0.25, 0.3) is 0 Å². The van der Waals surface area contributed by atoms with Gasteiger partial charge in [-0.1, -0.05) is 11.6 Å². The summed E-state index contributed by atoms with van der Waals surface area (Å²) in [5, 5.41) is 5.14. The van der Waals surface area contributed by atoms with Crippen molar-refractivity contribution in [1.29, 1.82) is 0 Å². The molecule has 2 N–H and O–H groups in total. The first-order valence-electron chi connectivity index (χ1n) is 8.50. The Morgan fingerprint density at radius 2 is 2.12 bits per heavy atom. The molecule has 0 aromatic carbocycles. The van der Waals surface area contributed by atoms with E-state index in [2.05, 4.69) is 16.7 Å². The zero-order valence-electron chi connectivity index (χ0n) is 14.4. The highest BCUT2D eigenvalue weighted by Gasteiger charge is 2.38. The number of sulfone groups is 1. The van der Waals surface area contributed by atoms with E-state index in [0.717, 1.165) is 30.4 Å². The molecule has 1 saturated heterocycles. The first-order chi connectivity index (χ1) is 11.8. The van der Waals surface area contributed by atoms with Gasteiger partial charge in [-0.2, -0.15) is 0 Å². The number of allylic oxidation sites excluding steroid dienone is 1. The van der Waals surface area contributed by atoms with E-state index in [0.29, 0.717) is 6.54 Å². The van der Waals surface area contributed by atoms with Crippen molar-refractivity contribution in [3.63, 3.8) is 0 Å². The van der Waals surface area contributed by atoms with Crippen molar-refractivity contribution in [2.75, 3.05) is 25.1 Å². The second kappa shape index (κ2) is 8.46. The summed E-state index contributed by atoms with van der Waals surface area (Å²) in [6.45, 7) is 0.130. The van der Waals surface area contributed by atoms with Crippen molar-refractivity contribution in [2.24, 2.45) is 0 Å². The Labute approximate surface area is 147 Å². The number of nitrogens with one attached hydrogen (secondary N) is 2. The van der Waals surface area contributed by atoms with Gasteiger partial charge in [0.25, 0.3) is 5.91 Å². The lowest BCUT2D eigenvalue weighted by molar-refractivity contribution is -0.132. The fourth-order valence-electron chi connectivity index (χ4n) is 2.95. The molecule has 0 aromatic rings. The van der Waals surface area contributed by atoms with E-state index >= 15 is 0 Å². The monoisotopic (exact) mass is 371 g/mol. The SMILES string of the molecule is CS(=O)(=O)CC[C@H]1NC(=O)N(CC(=O)NCCC2=CCCCC2)C1=O. The van der Waals surface area contributed by atoms with Crippen molar-refractivity contribution in [2.45, 2.75) is 44.6 Å². The Bertz CT molecular complexity index is 671. The van der Waals surface area contributed by atoms with Crippen LogP contribution in [0.15, 0.2) is 11.6 Å². The third-order valence-electron chi connectivity index (χ3n) is 4.34. The van der Waals surface area contributed by atoms with Gasteiger partial charge in [0.1, 0.15) is 22.4 Å². The van der Waals surface area contributed by atoms with Crippen LogP contribution in [0.5, 0.6) is 0 Å². The molecular weight excluding hydrogens is 346 g/mol. The van der Waals surface area contributed by atoms with Crippen LogP contribution in [-0.2, 0) is 19.4 Å². The van der Waals surface area contributed by atoms with Gasteiger partial charge in [0.05, 0.1) is 5.75 Å². The van der Waals surface area contributed by atoms with Crippen LogP contribution in [-0.4, -0.2) is 62.3 Å². The van der Waals surface area contributed by atoms with Crippen molar-refractivity contribution >= 4 is 27.7 Å². The Kier molecular flexibility index (Phi) is 6.57. The molecule has 0 spiro atoms. The quantitative estimate of drug-likeness (QED) is 0.472. The Balaban J connectivity index is 1.76. The first kappa shape index (κ1) is 19.4. The van der Waals surface area contributed by atoms with Crippen molar-refractivity contribution in [3.8, 4) is 0 Å². The number of hydrogen-bond donors (Lipinski definition) is 2. The minimum Gasteiger partial charge on any atom is -0.354 e. The second-order valence-electron chi connectivity index (χ2n) is 6.55. The third kappa shape index (κ3) is 6.15. The molecule has 1 aliphatic carbocycles. The summed E-state index contributed by atoms with van der Waals surface area (Å²) in [6, 6.07) is -1.55. The summed E-state index contributed by atoms with van der Waals surface area (Å²) >= 11 is 0. The average Bonchev–Trinajstić information content (AvgIpc) is 2.81. The topological polar surface area (TPSA) is 113 Å². The van der Waals surface area contributed by atoms with Crippen LogP contribution >= 0.6 is 0 Å². The van der Waals surface area contributed by atoms with Crippen molar-refractivity contribution < 1.29 is 22.8 Å². The van der Waals surface area contributed by atoms with Gasteiger partial charge < -0.3 is 10.6 Å². The van der Waals surface area contributed by atoms with E-state index in [1.807, 2.05) is 0 Å². The summed E-state index contributed by atoms with van der Waals surface area (Å²) in [6.07, 6.45) is 8.60. The Morgan fingerprint density at radius 3 is 2.76 bits per heavy atom. The number of amides is 4. The molecule has 0 saturated carbocycles. The first-order valence-corrected chi connectivity index (χ1v) is 10.6. The lowest BCUT2D eigenvalue weighted by Crippen LogP contribution is -2.41. The predicted octanol–water partition coefficient (Wildman–Crippen LogP) is 0.348. The summed E-state index contributed by atoms with van der Waals surface area (Å²) in [7, 11) is -3.22.